The normalized spacial score (nSPS) is 10.5. The van der Waals surface area contributed by atoms with Gasteiger partial charge in [-0.3, -0.25) is 0 Å². The molecule has 22 heavy (non-hydrogen) atoms. The molecular formula is C18H24N2OS. The Morgan fingerprint density at radius 1 is 1.14 bits per heavy atom. The van der Waals surface area contributed by atoms with E-state index in [9.17, 15) is 0 Å². The Balaban J connectivity index is 1.92. The van der Waals surface area contributed by atoms with E-state index in [-0.39, 0.29) is 0 Å². The van der Waals surface area contributed by atoms with Crippen LogP contribution >= 0.6 is 12.2 Å². The van der Waals surface area contributed by atoms with Gasteiger partial charge in [-0.25, -0.2) is 0 Å². The summed E-state index contributed by atoms with van der Waals surface area (Å²) >= 11 is 5.22. The van der Waals surface area contributed by atoms with Gasteiger partial charge in [-0.2, -0.15) is 0 Å². The molecule has 0 heterocycles. The van der Waals surface area contributed by atoms with Gasteiger partial charge in [0.1, 0.15) is 5.75 Å². The fourth-order valence-corrected chi connectivity index (χ4v) is 2.65. The van der Waals surface area contributed by atoms with Crippen molar-refractivity contribution in [1.82, 2.24) is 10.6 Å². The lowest BCUT2D eigenvalue weighted by Crippen LogP contribution is -2.36. The van der Waals surface area contributed by atoms with Crippen molar-refractivity contribution < 1.29 is 4.74 Å². The first-order valence-electron chi connectivity index (χ1n) is 7.82. The summed E-state index contributed by atoms with van der Waals surface area (Å²) in [5.41, 5.74) is 1.35. The lowest BCUT2D eigenvalue weighted by Gasteiger charge is -2.11. The monoisotopic (exact) mass is 316 g/mol. The van der Waals surface area contributed by atoms with Crippen LogP contribution in [0, 0.1) is 0 Å². The van der Waals surface area contributed by atoms with Gasteiger partial charge in [-0.1, -0.05) is 31.2 Å². The third-order valence-electron chi connectivity index (χ3n) is 3.62. The minimum atomic E-state index is 0.751. The number of hydrogen-bond acceptors (Lipinski definition) is 2. The van der Waals surface area contributed by atoms with E-state index >= 15 is 0 Å². The van der Waals surface area contributed by atoms with E-state index in [0.717, 1.165) is 43.2 Å². The van der Waals surface area contributed by atoms with Crippen LogP contribution in [0.4, 0.5) is 0 Å². The number of hydrogen-bond donors (Lipinski definition) is 2. The van der Waals surface area contributed by atoms with Crippen LogP contribution in [0.5, 0.6) is 5.75 Å². The molecule has 2 rings (SSSR count). The highest BCUT2D eigenvalue weighted by atomic mass is 32.1. The molecule has 0 saturated heterocycles. The second-order valence-corrected chi connectivity index (χ2v) is 5.70. The van der Waals surface area contributed by atoms with Gasteiger partial charge >= 0.3 is 0 Å². The van der Waals surface area contributed by atoms with Gasteiger partial charge in [-0.15, -0.1) is 0 Å². The predicted molar refractivity (Wildman–Crippen MR) is 97.7 cm³/mol. The average Bonchev–Trinajstić information content (AvgIpc) is 2.56. The Morgan fingerprint density at radius 3 is 2.73 bits per heavy atom. The molecule has 4 heteroatoms. The Hall–Kier alpha value is -1.81. The molecule has 0 aliphatic heterocycles. The van der Waals surface area contributed by atoms with E-state index in [4.69, 9.17) is 17.0 Å². The third kappa shape index (κ3) is 4.60. The number of methoxy groups -OCH3 is 1. The van der Waals surface area contributed by atoms with Crippen molar-refractivity contribution in [1.29, 1.82) is 0 Å². The van der Waals surface area contributed by atoms with E-state index in [2.05, 4.69) is 47.9 Å². The molecule has 118 valence electrons. The summed E-state index contributed by atoms with van der Waals surface area (Å²) in [5, 5.41) is 9.71. The highest BCUT2D eigenvalue weighted by Crippen LogP contribution is 2.24. The van der Waals surface area contributed by atoms with Crippen molar-refractivity contribution in [2.75, 3.05) is 20.2 Å². The molecule has 2 aromatic carbocycles. The number of ether oxygens (including phenoxy) is 1. The van der Waals surface area contributed by atoms with Crippen LogP contribution in [-0.2, 0) is 6.42 Å². The first-order valence-corrected chi connectivity index (χ1v) is 8.22. The summed E-state index contributed by atoms with van der Waals surface area (Å²) in [7, 11) is 1.71. The van der Waals surface area contributed by atoms with E-state index in [1.54, 1.807) is 7.11 Å². The highest BCUT2D eigenvalue weighted by molar-refractivity contribution is 7.80. The number of rotatable bonds is 7. The summed E-state index contributed by atoms with van der Waals surface area (Å²) < 4.78 is 5.33. The first-order chi connectivity index (χ1) is 10.7. The lowest BCUT2D eigenvalue weighted by molar-refractivity contribution is 0.415. The summed E-state index contributed by atoms with van der Waals surface area (Å²) in [6.45, 7) is 3.94. The summed E-state index contributed by atoms with van der Waals surface area (Å²) in [6.07, 6.45) is 3.15. The zero-order chi connectivity index (χ0) is 15.8. The highest BCUT2D eigenvalue weighted by Gasteiger charge is 2.03. The van der Waals surface area contributed by atoms with Crippen molar-refractivity contribution in [2.24, 2.45) is 0 Å². The van der Waals surface area contributed by atoms with Crippen LogP contribution in [-0.4, -0.2) is 25.3 Å². The Labute approximate surface area is 138 Å². The molecule has 0 aliphatic rings. The van der Waals surface area contributed by atoms with Crippen LogP contribution in [0.15, 0.2) is 36.4 Å². The summed E-state index contributed by atoms with van der Waals surface area (Å²) in [5.74, 6) is 0.906. The third-order valence-corrected chi connectivity index (χ3v) is 3.91. The van der Waals surface area contributed by atoms with E-state index in [1.807, 2.05) is 6.07 Å². The number of thiocarbonyl (C=S) groups is 1. The molecule has 3 nitrogen and oxygen atoms in total. The maximum Gasteiger partial charge on any atom is 0.166 e. The van der Waals surface area contributed by atoms with Crippen LogP contribution in [0.25, 0.3) is 10.8 Å². The van der Waals surface area contributed by atoms with Crippen LogP contribution in [0.2, 0.25) is 0 Å². The van der Waals surface area contributed by atoms with Crippen LogP contribution < -0.4 is 15.4 Å². The molecule has 0 radical (unpaired) electrons. The largest absolute Gasteiger partial charge is 0.497 e. The van der Waals surface area contributed by atoms with Gasteiger partial charge in [-0.05, 0) is 59.9 Å². The van der Waals surface area contributed by atoms with Crippen molar-refractivity contribution >= 4 is 28.1 Å². The molecule has 0 atom stereocenters. The van der Waals surface area contributed by atoms with E-state index in [1.165, 1.54) is 16.3 Å². The zero-order valence-corrected chi connectivity index (χ0v) is 14.1. The summed E-state index contributed by atoms with van der Waals surface area (Å²) in [4.78, 5) is 0. The Morgan fingerprint density at radius 2 is 1.95 bits per heavy atom. The maximum atomic E-state index is 5.33. The maximum absolute atomic E-state index is 5.33. The van der Waals surface area contributed by atoms with Crippen molar-refractivity contribution in [3.8, 4) is 5.75 Å². The molecule has 0 bridgehead atoms. The van der Waals surface area contributed by atoms with Gasteiger partial charge in [0, 0.05) is 13.1 Å². The van der Waals surface area contributed by atoms with Gasteiger partial charge < -0.3 is 15.4 Å². The SMILES string of the molecule is CCCNC(=S)NCCCc1cccc2ccc(OC)cc12. The van der Waals surface area contributed by atoms with Gasteiger partial charge in [0.15, 0.2) is 5.11 Å². The molecule has 0 aliphatic carbocycles. The van der Waals surface area contributed by atoms with Crippen molar-refractivity contribution in [3.63, 3.8) is 0 Å². The predicted octanol–water partition coefficient (Wildman–Crippen LogP) is 3.66. The van der Waals surface area contributed by atoms with Crippen LogP contribution in [0.1, 0.15) is 25.3 Å². The van der Waals surface area contributed by atoms with Gasteiger partial charge in [0.05, 0.1) is 7.11 Å². The van der Waals surface area contributed by atoms with Crippen LogP contribution in [0.3, 0.4) is 0 Å². The quantitative estimate of drug-likeness (QED) is 0.603. The van der Waals surface area contributed by atoms with Crippen molar-refractivity contribution in [3.05, 3.63) is 42.0 Å². The zero-order valence-electron chi connectivity index (χ0n) is 13.3. The minimum absolute atomic E-state index is 0.751. The molecule has 2 aromatic rings. The topological polar surface area (TPSA) is 33.3 Å². The molecule has 0 saturated carbocycles. The smallest absolute Gasteiger partial charge is 0.166 e. The number of fused-ring (bicyclic) bond motifs is 1. The molecule has 2 N–H and O–H groups in total. The fraction of sp³-hybridized carbons (Fsp3) is 0.389. The number of aryl methyl sites for hydroxylation is 1. The Kier molecular flexibility index (Phi) is 6.46. The fourth-order valence-electron chi connectivity index (χ4n) is 2.44. The molecular weight excluding hydrogens is 292 g/mol. The molecule has 0 aromatic heterocycles. The van der Waals surface area contributed by atoms with E-state index < -0.39 is 0 Å². The second-order valence-electron chi connectivity index (χ2n) is 5.29. The lowest BCUT2D eigenvalue weighted by atomic mass is 10.0. The number of benzene rings is 2. The summed E-state index contributed by atoms with van der Waals surface area (Å²) in [6, 6.07) is 12.7. The van der Waals surface area contributed by atoms with Gasteiger partial charge in [0.25, 0.3) is 0 Å². The molecule has 0 fully saturated rings. The molecule has 0 unspecified atom stereocenters. The van der Waals surface area contributed by atoms with Gasteiger partial charge in [0.2, 0.25) is 0 Å². The second kappa shape index (κ2) is 8.59. The molecule has 0 spiro atoms. The minimum Gasteiger partial charge on any atom is -0.497 e. The average molecular weight is 316 g/mol. The van der Waals surface area contributed by atoms with Crippen molar-refractivity contribution in [2.45, 2.75) is 26.2 Å². The number of nitrogens with one attached hydrogen (secondary N) is 2. The first kappa shape index (κ1) is 16.6. The standard InChI is InChI=1S/C18H24N2OS/c1-3-11-19-18(22)20-12-5-8-14-6-4-7-15-9-10-16(21-2)13-17(14)15/h4,6-7,9-10,13H,3,5,8,11-12H2,1-2H3,(H2,19,20,22). The molecule has 0 amide bonds. The van der Waals surface area contributed by atoms with E-state index in [0.29, 0.717) is 0 Å². The Bertz CT molecular complexity index is 628.